The molecule has 1 atom stereocenters. The number of aliphatic hydroxyl groups excluding tert-OH is 1. The predicted octanol–water partition coefficient (Wildman–Crippen LogP) is 1.53. The zero-order valence-electron chi connectivity index (χ0n) is 12.0. The molecule has 108 valence electrons. The van der Waals surface area contributed by atoms with E-state index >= 15 is 0 Å². The van der Waals surface area contributed by atoms with Crippen LogP contribution >= 0.6 is 0 Å². The summed E-state index contributed by atoms with van der Waals surface area (Å²) < 4.78 is 17.4. The van der Waals surface area contributed by atoms with E-state index < -0.39 is 6.10 Å². The van der Waals surface area contributed by atoms with Crippen molar-refractivity contribution in [3.05, 3.63) is 35.7 Å². The second-order valence-electron chi connectivity index (χ2n) is 4.23. The van der Waals surface area contributed by atoms with Crippen LogP contribution in [0.4, 0.5) is 0 Å². The van der Waals surface area contributed by atoms with Gasteiger partial charge in [-0.3, -0.25) is 4.68 Å². The van der Waals surface area contributed by atoms with Crippen LogP contribution < -0.4 is 14.2 Å². The molecule has 0 saturated heterocycles. The van der Waals surface area contributed by atoms with Crippen LogP contribution in [0.2, 0.25) is 0 Å². The molecule has 0 fully saturated rings. The largest absolute Gasteiger partial charge is 0.496 e. The minimum absolute atomic E-state index is 0.524. The molecule has 1 unspecified atom stereocenters. The molecular weight excluding hydrogens is 260 g/mol. The molecule has 20 heavy (non-hydrogen) atoms. The quantitative estimate of drug-likeness (QED) is 0.898. The van der Waals surface area contributed by atoms with Crippen molar-refractivity contribution in [2.45, 2.75) is 6.10 Å². The first-order valence-electron chi connectivity index (χ1n) is 6.08. The minimum atomic E-state index is -0.864. The second kappa shape index (κ2) is 5.83. The molecule has 0 bridgehead atoms. The number of nitrogens with zero attached hydrogens (tertiary/aromatic N) is 2. The summed E-state index contributed by atoms with van der Waals surface area (Å²) in [4.78, 5) is 0. The molecule has 1 heterocycles. The number of ether oxygens (including phenoxy) is 3. The summed E-state index contributed by atoms with van der Waals surface area (Å²) in [5.41, 5.74) is 1.25. The van der Waals surface area contributed by atoms with Crippen LogP contribution in [0.5, 0.6) is 17.2 Å². The first-order valence-corrected chi connectivity index (χ1v) is 6.08. The van der Waals surface area contributed by atoms with Crippen molar-refractivity contribution in [3.63, 3.8) is 0 Å². The van der Waals surface area contributed by atoms with E-state index in [0.717, 1.165) is 0 Å². The molecule has 1 aromatic heterocycles. The summed E-state index contributed by atoms with van der Waals surface area (Å²) in [5.74, 6) is 1.60. The van der Waals surface area contributed by atoms with Gasteiger partial charge in [0.05, 0.1) is 27.0 Å². The van der Waals surface area contributed by atoms with Crippen molar-refractivity contribution in [1.29, 1.82) is 0 Å². The lowest BCUT2D eigenvalue weighted by molar-refractivity contribution is 0.203. The van der Waals surface area contributed by atoms with Gasteiger partial charge in [-0.15, -0.1) is 0 Å². The normalized spacial score (nSPS) is 12.1. The number of aliphatic hydroxyl groups is 1. The van der Waals surface area contributed by atoms with E-state index in [0.29, 0.717) is 28.5 Å². The summed E-state index contributed by atoms with van der Waals surface area (Å²) in [6.07, 6.45) is 0.767. The van der Waals surface area contributed by atoms with Crippen molar-refractivity contribution in [1.82, 2.24) is 9.78 Å². The van der Waals surface area contributed by atoms with E-state index in [1.54, 1.807) is 57.5 Å². The van der Waals surface area contributed by atoms with Crippen LogP contribution in [0.25, 0.3) is 0 Å². The van der Waals surface area contributed by atoms with Gasteiger partial charge in [0.2, 0.25) is 0 Å². The highest BCUT2D eigenvalue weighted by Crippen LogP contribution is 2.39. The van der Waals surface area contributed by atoms with Crippen molar-refractivity contribution < 1.29 is 19.3 Å². The fraction of sp³-hybridized carbons (Fsp3) is 0.357. The Morgan fingerprint density at radius 1 is 1.05 bits per heavy atom. The van der Waals surface area contributed by atoms with Gasteiger partial charge in [-0.25, -0.2) is 0 Å². The number of aryl methyl sites for hydroxylation is 1. The van der Waals surface area contributed by atoms with Crippen molar-refractivity contribution in [2.24, 2.45) is 7.05 Å². The van der Waals surface area contributed by atoms with Gasteiger partial charge >= 0.3 is 0 Å². The average molecular weight is 278 g/mol. The zero-order valence-corrected chi connectivity index (χ0v) is 12.0. The van der Waals surface area contributed by atoms with Crippen LogP contribution in [-0.2, 0) is 7.05 Å². The summed E-state index contributed by atoms with van der Waals surface area (Å²) in [7, 11) is 6.41. The van der Waals surface area contributed by atoms with Crippen LogP contribution in [0.1, 0.15) is 17.4 Å². The van der Waals surface area contributed by atoms with Gasteiger partial charge < -0.3 is 19.3 Å². The highest BCUT2D eigenvalue weighted by molar-refractivity contribution is 5.52. The molecular formula is C14H18N2O4. The lowest BCUT2D eigenvalue weighted by atomic mass is 10.0. The molecule has 0 spiro atoms. The van der Waals surface area contributed by atoms with E-state index in [-0.39, 0.29) is 0 Å². The molecule has 0 aliphatic rings. The predicted molar refractivity (Wildman–Crippen MR) is 73.4 cm³/mol. The van der Waals surface area contributed by atoms with Gasteiger partial charge in [0.15, 0.2) is 11.5 Å². The standard InChI is InChI=1S/C14H18N2O4/c1-16-10(5-6-15-16)14(17)9-7-12(19-3)13(20-4)8-11(9)18-2/h5-8,14,17H,1-4H3. The molecule has 1 N–H and O–H groups in total. The van der Waals surface area contributed by atoms with E-state index in [1.165, 1.54) is 0 Å². The van der Waals surface area contributed by atoms with Crippen LogP contribution in [0, 0.1) is 0 Å². The number of methoxy groups -OCH3 is 3. The fourth-order valence-corrected chi connectivity index (χ4v) is 2.08. The number of benzene rings is 1. The number of rotatable bonds is 5. The second-order valence-corrected chi connectivity index (χ2v) is 4.23. The van der Waals surface area contributed by atoms with Gasteiger partial charge in [0.25, 0.3) is 0 Å². The number of hydrogen-bond acceptors (Lipinski definition) is 5. The number of hydrogen-bond donors (Lipinski definition) is 1. The Bertz CT molecular complexity index is 595. The third-order valence-electron chi connectivity index (χ3n) is 3.17. The van der Waals surface area contributed by atoms with Gasteiger partial charge in [-0.1, -0.05) is 0 Å². The highest BCUT2D eigenvalue weighted by Gasteiger charge is 2.21. The third-order valence-corrected chi connectivity index (χ3v) is 3.17. The molecule has 0 aliphatic heterocycles. The highest BCUT2D eigenvalue weighted by atomic mass is 16.5. The van der Waals surface area contributed by atoms with Crippen molar-refractivity contribution in [2.75, 3.05) is 21.3 Å². The third kappa shape index (κ3) is 2.42. The maximum absolute atomic E-state index is 10.5. The first kappa shape index (κ1) is 14.2. The molecule has 6 heteroatoms. The number of aromatic nitrogens is 2. The summed E-state index contributed by atoms with van der Waals surface area (Å²) in [6.45, 7) is 0. The Hall–Kier alpha value is -2.21. The topological polar surface area (TPSA) is 65.7 Å². The van der Waals surface area contributed by atoms with Gasteiger partial charge in [0, 0.05) is 24.9 Å². The van der Waals surface area contributed by atoms with Crippen molar-refractivity contribution in [3.8, 4) is 17.2 Å². The minimum Gasteiger partial charge on any atom is -0.496 e. The summed E-state index contributed by atoms with van der Waals surface area (Å²) in [5, 5.41) is 14.6. The monoisotopic (exact) mass is 278 g/mol. The average Bonchev–Trinajstić information content (AvgIpc) is 2.91. The van der Waals surface area contributed by atoms with E-state index in [2.05, 4.69) is 5.10 Å². The van der Waals surface area contributed by atoms with Gasteiger partial charge in [-0.05, 0) is 12.1 Å². The Morgan fingerprint density at radius 2 is 1.65 bits per heavy atom. The molecule has 6 nitrogen and oxygen atoms in total. The molecule has 2 aromatic rings. The lowest BCUT2D eigenvalue weighted by Crippen LogP contribution is -2.08. The first-order chi connectivity index (χ1) is 9.62. The Kier molecular flexibility index (Phi) is 4.14. The lowest BCUT2D eigenvalue weighted by Gasteiger charge is -2.18. The molecule has 0 aliphatic carbocycles. The molecule has 0 amide bonds. The van der Waals surface area contributed by atoms with Gasteiger partial charge in [0.1, 0.15) is 11.9 Å². The maximum Gasteiger partial charge on any atom is 0.164 e. The Morgan fingerprint density at radius 3 is 2.15 bits per heavy atom. The summed E-state index contributed by atoms with van der Waals surface area (Å²) >= 11 is 0. The fourth-order valence-electron chi connectivity index (χ4n) is 2.08. The summed E-state index contributed by atoms with van der Waals surface area (Å²) in [6, 6.07) is 5.14. The van der Waals surface area contributed by atoms with E-state index in [4.69, 9.17) is 14.2 Å². The SMILES string of the molecule is COc1cc(OC)c(C(O)c2ccnn2C)cc1OC. The Balaban J connectivity index is 2.52. The van der Waals surface area contributed by atoms with Crippen LogP contribution in [-0.4, -0.2) is 36.2 Å². The van der Waals surface area contributed by atoms with Crippen molar-refractivity contribution >= 4 is 0 Å². The molecule has 0 radical (unpaired) electrons. The molecule has 1 aromatic carbocycles. The van der Waals surface area contributed by atoms with E-state index in [9.17, 15) is 5.11 Å². The molecule has 0 saturated carbocycles. The maximum atomic E-state index is 10.5. The Labute approximate surface area is 117 Å². The van der Waals surface area contributed by atoms with Crippen LogP contribution in [0.3, 0.4) is 0 Å². The van der Waals surface area contributed by atoms with E-state index in [1.807, 2.05) is 0 Å². The zero-order chi connectivity index (χ0) is 14.7. The molecule has 2 rings (SSSR count). The smallest absolute Gasteiger partial charge is 0.164 e. The van der Waals surface area contributed by atoms with Crippen LogP contribution in [0.15, 0.2) is 24.4 Å². The van der Waals surface area contributed by atoms with Gasteiger partial charge in [-0.2, -0.15) is 5.10 Å².